The van der Waals surface area contributed by atoms with Crippen molar-refractivity contribution in [2.45, 2.75) is 18.3 Å². The van der Waals surface area contributed by atoms with Crippen molar-refractivity contribution in [3.8, 4) is 22.3 Å². The molecule has 0 unspecified atom stereocenters. The number of amides is 1. The number of nitrogens with one attached hydrogen (secondary N) is 1. The van der Waals surface area contributed by atoms with Gasteiger partial charge in [-0.15, -0.1) is 0 Å². The number of likely N-dealkylation sites (tertiary alicyclic amines) is 1. The summed E-state index contributed by atoms with van der Waals surface area (Å²) in [4.78, 5) is 18.3. The highest BCUT2D eigenvalue weighted by Gasteiger charge is 2.59. The maximum atomic E-state index is 14.8. The van der Waals surface area contributed by atoms with Crippen LogP contribution in [0.25, 0.3) is 22.3 Å². The third-order valence-electron chi connectivity index (χ3n) is 7.48. The Kier molecular flexibility index (Phi) is 4.36. The number of halogens is 2. The molecule has 2 atom stereocenters. The van der Waals surface area contributed by atoms with E-state index in [4.69, 9.17) is 5.73 Å². The standard InChI is InChI=1S/C26H24F2N4O/c1-32-12-18-11-26(18,13-32)17-4-2-14(3-5-17)19-10-20(24(29)31-23(19)28)16-8-15-6-7-30-25(33)22(15)21(27)9-16/h2-5,8-10,18H,6-7,11-13H2,1H3,(H2,29,31)(H,30,33)/t18-,26+/m1/s1. The van der Waals surface area contributed by atoms with E-state index in [0.717, 1.165) is 13.1 Å². The van der Waals surface area contributed by atoms with Crippen molar-refractivity contribution < 1.29 is 13.6 Å². The number of anilines is 1. The molecule has 1 amide bonds. The van der Waals surface area contributed by atoms with Gasteiger partial charge in [0.05, 0.1) is 5.56 Å². The first-order valence-corrected chi connectivity index (χ1v) is 11.2. The van der Waals surface area contributed by atoms with Crippen LogP contribution >= 0.6 is 0 Å². The van der Waals surface area contributed by atoms with E-state index >= 15 is 0 Å². The molecule has 7 heteroatoms. The van der Waals surface area contributed by atoms with Gasteiger partial charge in [-0.05, 0) is 66.3 Å². The quantitative estimate of drug-likeness (QED) is 0.601. The molecule has 3 heterocycles. The molecule has 0 spiro atoms. The SMILES string of the molecule is CN1C[C@H]2C[C@@]2(c2ccc(-c3cc(-c4cc(F)c5c(c4)CCNC5=O)c(N)nc3F)cc2)C1. The lowest BCUT2D eigenvalue weighted by Crippen LogP contribution is -2.32. The number of nitrogen functional groups attached to an aromatic ring is 1. The summed E-state index contributed by atoms with van der Waals surface area (Å²) in [5, 5.41) is 2.65. The number of carbonyl (C=O) groups is 1. The zero-order chi connectivity index (χ0) is 22.9. The zero-order valence-corrected chi connectivity index (χ0v) is 18.3. The van der Waals surface area contributed by atoms with Gasteiger partial charge in [0, 0.05) is 36.2 Å². The lowest BCUT2D eigenvalue weighted by atomic mass is 9.91. The number of benzene rings is 2. The fourth-order valence-corrected chi connectivity index (χ4v) is 5.77. The second-order valence-corrected chi connectivity index (χ2v) is 9.59. The maximum absolute atomic E-state index is 14.8. The number of nitrogens with zero attached hydrogens (tertiary/aromatic N) is 2. The van der Waals surface area contributed by atoms with E-state index in [2.05, 4.69) is 34.4 Å². The Balaban J connectivity index is 1.38. The maximum Gasteiger partial charge on any atom is 0.254 e. The number of aromatic nitrogens is 1. The summed E-state index contributed by atoms with van der Waals surface area (Å²) in [5.74, 6) is -1.01. The molecule has 0 radical (unpaired) electrons. The highest BCUT2D eigenvalue weighted by atomic mass is 19.1. The Morgan fingerprint density at radius 3 is 2.64 bits per heavy atom. The smallest absolute Gasteiger partial charge is 0.254 e. The van der Waals surface area contributed by atoms with Crippen LogP contribution in [0.5, 0.6) is 0 Å². The van der Waals surface area contributed by atoms with E-state index in [9.17, 15) is 13.6 Å². The van der Waals surface area contributed by atoms with E-state index in [1.54, 1.807) is 12.1 Å². The van der Waals surface area contributed by atoms with Crippen LogP contribution in [0.2, 0.25) is 0 Å². The lowest BCUT2D eigenvalue weighted by molar-refractivity contribution is 0.0941. The van der Waals surface area contributed by atoms with Gasteiger partial charge in [-0.2, -0.15) is 4.39 Å². The largest absolute Gasteiger partial charge is 0.383 e. The summed E-state index contributed by atoms with van der Waals surface area (Å²) in [6.45, 7) is 2.63. The molecule has 1 saturated carbocycles. The van der Waals surface area contributed by atoms with Crippen molar-refractivity contribution in [1.82, 2.24) is 15.2 Å². The number of fused-ring (bicyclic) bond motifs is 2. The summed E-state index contributed by atoms with van der Waals surface area (Å²) in [7, 11) is 2.15. The van der Waals surface area contributed by atoms with E-state index in [1.807, 2.05) is 12.1 Å². The van der Waals surface area contributed by atoms with Gasteiger partial charge in [0.25, 0.3) is 5.91 Å². The van der Waals surface area contributed by atoms with E-state index in [1.165, 1.54) is 18.1 Å². The van der Waals surface area contributed by atoms with Gasteiger partial charge in [-0.1, -0.05) is 24.3 Å². The van der Waals surface area contributed by atoms with Gasteiger partial charge in [-0.25, -0.2) is 9.37 Å². The van der Waals surface area contributed by atoms with Crippen LogP contribution < -0.4 is 11.1 Å². The second-order valence-electron chi connectivity index (χ2n) is 9.59. The molecule has 1 aliphatic carbocycles. The number of carbonyl (C=O) groups excluding carboxylic acids is 1. The van der Waals surface area contributed by atoms with E-state index in [-0.39, 0.29) is 16.8 Å². The molecule has 2 aromatic carbocycles. The predicted octanol–water partition coefficient (Wildman–Crippen LogP) is 3.77. The van der Waals surface area contributed by atoms with Crippen molar-refractivity contribution >= 4 is 11.7 Å². The Morgan fingerprint density at radius 1 is 1.12 bits per heavy atom. The molecule has 168 valence electrons. The number of pyridine rings is 1. The fourth-order valence-electron chi connectivity index (χ4n) is 5.77. The Hall–Kier alpha value is -3.32. The molecule has 3 aromatic rings. The molecule has 1 aromatic heterocycles. The van der Waals surface area contributed by atoms with E-state index in [0.29, 0.717) is 46.7 Å². The van der Waals surface area contributed by atoms with Gasteiger partial charge in [0.1, 0.15) is 11.6 Å². The summed E-state index contributed by atoms with van der Waals surface area (Å²) in [5.41, 5.74) is 10.2. The first-order chi connectivity index (χ1) is 15.9. The van der Waals surface area contributed by atoms with Gasteiger partial charge >= 0.3 is 0 Å². The minimum absolute atomic E-state index is 0.0128. The summed E-state index contributed by atoms with van der Waals surface area (Å²) in [6, 6.07) is 12.7. The topological polar surface area (TPSA) is 71.2 Å². The average molecular weight is 447 g/mol. The predicted molar refractivity (Wildman–Crippen MR) is 123 cm³/mol. The van der Waals surface area contributed by atoms with Gasteiger partial charge < -0.3 is 16.0 Å². The molecular weight excluding hydrogens is 422 g/mol. The molecule has 6 rings (SSSR count). The summed E-state index contributed by atoms with van der Waals surface area (Å²) in [6.07, 6.45) is 1.73. The number of piperidine rings is 1. The van der Waals surface area contributed by atoms with E-state index < -0.39 is 17.7 Å². The first-order valence-electron chi connectivity index (χ1n) is 11.2. The number of rotatable bonds is 3. The highest BCUT2D eigenvalue weighted by molar-refractivity contribution is 5.98. The van der Waals surface area contributed by atoms with Crippen LogP contribution in [0.1, 0.15) is 27.9 Å². The van der Waals surface area contributed by atoms with Gasteiger partial charge in [-0.3, -0.25) is 4.79 Å². The molecule has 5 nitrogen and oxygen atoms in total. The van der Waals surface area contributed by atoms with Crippen LogP contribution in [-0.4, -0.2) is 42.5 Å². The minimum Gasteiger partial charge on any atom is -0.383 e. The van der Waals surface area contributed by atoms with Crippen molar-refractivity contribution in [3.63, 3.8) is 0 Å². The Labute approximate surface area is 190 Å². The zero-order valence-electron chi connectivity index (χ0n) is 18.3. The summed E-state index contributed by atoms with van der Waals surface area (Å²) < 4.78 is 29.6. The molecule has 33 heavy (non-hydrogen) atoms. The molecule has 3 aliphatic rings. The normalized spacial score (nSPS) is 23.7. The molecule has 1 saturated heterocycles. The average Bonchev–Trinajstić information content (AvgIpc) is 3.35. The molecule has 3 N–H and O–H groups in total. The number of likely N-dealkylation sites (N-methyl/N-ethyl adjacent to an activating group) is 1. The fraction of sp³-hybridized carbons (Fsp3) is 0.308. The van der Waals surface area contributed by atoms with Crippen LogP contribution in [0.15, 0.2) is 42.5 Å². The van der Waals surface area contributed by atoms with Crippen LogP contribution in [0.3, 0.4) is 0 Å². The number of hydrogen-bond donors (Lipinski definition) is 2. The molecule has 0 bridgehead atoms. The first kappa shape index (κ1) is 20.3. The Bertz CT molecular complexity index is 1310. The molecule has 2 aliphatic heterocycles. The van der Waals surface area contributed by atoms with Crippen LogP contribution in [0.4, 0.5) is 14.6 Å². The van der Waals surface area contributed by atoms with Gasteiger partial charge in [0.15, 0.2) is 0 Å². The second kappa shape index (κ2) is 7.09. The van der Waals surface area contributed by atoms with Gasteiger partial charge in [0.2, 0.25) is 5.95 Å². The van der Waals surface area contributed by atoms with Crippen LogP contribution in [0, 0.1) is 17.7 Å². The van der Waals surface area contributed by atoms with Crippen molar-refractivity contribution in [3.05, 3.63) is 70.9 Å². The minimum atomic E-state index is -0.662. The lowest BCUT2D eigenvalue weighted by Gasteiger charge is -2.19. The van der Waals surface area contributed by atoms with Crippen molar-refractivity contribution in [2.24, 2.45) is 5.92 Å². The van der Waals surface area contributed by atoms with Crippen molar-refractivity contribution in [2.75, 3.05) is 32.4 Å². The third-order valence-corrected chi connectivity index (χ3v) is 7.48. The Morgan fingerprint density at radius 2 is 1.91 bits per heavy atom. The molecular formula is C26H24F2N4O. The number of hydrogen-bond acceptors (Lipinski definition) is 4. The van der Waals surface area contributed by atoms with Crippen LogP contribution in [-0.2, 0) is 11.8 Å². The highest BCUT2D eigenvalue weighted by Crippen LogP contribution is 2.58. The summed E-state index contributed by atoms with van der Waals surface area (Å²) >= 11 is 0. The third kappa shape index (κ3) is 3.14. The van der Waals surface area contributed by atoms with Crippen molar-refractivity contribution in [1.29, 1.82) is 0 Å². The monoisotopic (exact) mass is 446 g/mol. The number of nitrogens with two attached hydrogens (primary N) is 1. The molecule has 2 fully saturated rings.